The minimum absolute atomic E-state index is 0.190. The van der Waals surface area contributed by atoms with Crippen molar-refractivity contribution in [3.8, 4) is 0 Å². The van der Waals surface area contributed by atoms with Crippen molar-refractivity contribution < 1.29 is 189 Å². The van der Waals surface area contributed by atoms with Gasteiger partial charge >= 0.3 is 5.97 Å². The summed E-state index contributed by atoms with van der Waals surface area (Å²) in [5, 5.41) is 248. The van der Waals surface area contributed by atoms with E-state index in [9.17, 15) is 117 Å². The van der Waals surface area contributed by atoms with Crippen molar-refractivity contribution in [2.24, 2.45) is 28.1 Å². The number of aliphatic hydroxyl groups excluding tert-OH is 23. The lowest BCUT2D eigenvalue weighted by atomic mass is 9.41. The minimum atomic E-state index is -2.12. The molecular formula is C62H100O38. The first-order chi connectivity index (χ1) is 47.3. The third-order valence-corrected chi connectivity index (χ3v) is 23.4. The molecule has 11 aliphatic rings. The van der Waals surface area contributed by atoms with E-state index in [0.717, 1.165) is 0 Å². The molecule has 100 heavy (non-hydrogen) atoms. The van der Waals surface area contributed by atoms with E-state index >= 15 is 4.79 Å². The Hall–Kier alpha value is -2.23. The molecule has 7 aliphatic heterocycles. The third-order valence-electron chi connectivity index (χ3n) is 23.4. The number of fused-ring (bicyclic) bond motifs is 3. The lowest BCUT2D eigenvalue weighted by molar-refractivity contribution is -0.396. The molecule has 23 N–H and O–H groups in total. The van der Waals surface area contributed by atoms with Crippen LogP contribution in [0.15, 0.2) is 12.2 Å². The third kappa shape index (κ3) is 14.1. The van der Waals surface area contributed by atoms with E-state index in [4.69, 9.17) is 66.3 Å². The highest BCUT2D eigenvalue weighted by atomic mass is 16.8. The quantitative estimate of drug-likeness (QED) is 0.0288. The van der Waals surface area contributed by atoms with Gasteiger partial charge in [-0.15, -0.1) is 0 Å². The Kier molecular flexibility index (Phi) is 24.6. The Morgan fingerprint density at radius 2 is 0.790 bits per heavy atom. The Balaban J connectivity index is 0.835. The maximum atomic E-state index is 15.5. The van der Waals surface area contributed by atoms with Crippen molar-refractivity contribution in [3.05, 3.63) is 12.2 Å². The fourth-order valence-corrected chi connectivity index (χ4v) is 17.8. The molecular weight excluding hydrogens is 1350 g/mol. The highest BCUT2D eigenvalue weighted by Gasteiger charge is 2.70. The highest BCUT2D eigenvalue weighted by Crippen LogP contribution is 2.74. The minimum Gasteiger partial charge on any atom is -0.432 e. The molecule has 11 rings (SSSR count). The second kappa shape index (κ2) is 31.2. The number of carbonyl (C=O) groups is 1. The first kappa shape index (κ1) is 78.8. The van der Waals surface area contributed by atoms with Gasteiger partial charge in [-0.05, 0) is 86.5 Å². The van der Waals surface area contributed by atoms with Gasteiger partial charge in [-0.3, -0.25) is 4.79 Å². The molecule has 41 atom stereocenters. The van der Waals surface area contributed by atoms with Gasteiger partial charge in [0.05, 0.1) is 57.3 Å². The molecule has 2 bridgehead atoms. The fourth-order valence-electron chi connectivity index (χ4n) is 17.8. The van der Waals surface area contributed by atoms with Crippen LogP contribution in [-0.4, -0.2) is 390 Å². The van der Waals surface area contributed by atoms with E-state index in [-0.39, 0.29) is 25.2 Å². The number of ether oxygens (including phenoxy) is 14. The number of esters is 1. The predicted octanol–water partition coefficient (Wildman–Crippen LogP) is -11.6. The number of carbonyl (C=O) groups excluding carboxylic acids is 1. The van der Waals surface area contributed by atoms with Crippen LogP contribution in [0.25, 0.3) is 0 Å². The van der Waals surface area contributed by atoms with E-state index < -0.39 is 295 Å². The molecule has 1 spiro atoms. The van der Waals surface area contributed by atoms with Crippen LogP contribution in [0.2, 0.25) is 0 Å². The molecule has 0 aromatic heterocycles. The maximum Gasteiger partial charge on any atom is 0.314 e. The Bertz CT molecular complexity index is 2720. The van der Waals surface area contributed by atoms with Crippen molar-refractivity contribution in [2.75, 3.05) is 46.2 Å². The van der Waals surface area contributed by atoms with Crippen LogP contribution in [0.5, 0.6) is 0 Å². The van der Waals surface area contributed by atoms with Crippen molar-refractivity contribution in [3.63, 3.8) is 0 Å². The van der Waals surface area contributed by atoms with Crippen LogP contribution in [0, 0.1) is 28.1 Å². The summed E-state index contributed by atoms with van der Waals surface area (Å²) in [6.45, 7) is 2.10. The summed E-state index contributed by atoms with van der Waals surface area (Å²) in [6, 6.07) is 0. The van der Waals surface area contributed by atoms with Gasteiger partial charge in [0, 0.05) is 0 Å². The zero-order chi connectivity index (χ0) is 72.7. The van der Waals surface area contributed by atoms with Gasteiger partial charge in [0.1, 0.15) is 165 Å². The molecule has 11 fully saturated rings. The summed E-state index contributed by atoms with van der Waals surface area (Å²) in [7, 11) is 0. The van der Waals surface area contributed by atoms with Gasteiger partial charge in [0.2, 0.25) is 6.29 Å². The van der Waals surface area contributed by atoms with Gasteiger partial charge in [0.25, 0.3) is 0 Å². The Labute approximate surface area is 571 Å². The standard InChI is InChI=1S/C62H100O38/c1-20-11-61-9-5-28-59(2,7-4-8-60(28,3)58(86)99-56-50(98-54-44(83)39(78)33(72)24(15-66)91-54)48(35(74)25(16-67)92-56)96-52-42(81)37(76)31(70)22(13-64)89-52)29(61)6-10-62(20,19-61)100-57-49(97-53-43(82)38(77)32(71)23(14-65)90-53)46(85)47(26(17-68)93-57)95-55-45(84)40(79)34(73)27(94-55)18-87-51-41(80)36(75)30(69)21(12-63)88-51/h21-57,63-85H,1,4-19H2,2-3H3/t21-,22-,23-,24-,25-,26-,27-,28+,29+,30-,31-,32-,33-,34-,35-,36+,37+,38+,39+,40+,41-,42-,43-,44-,45-,46+,47-,48+,49-,50-,51-,52+,53+,54+,55+,56+,57+,59-,60-,61-,62+/m1/s1. The topological polar surface area (TPSA) is 612 Å². The van der Waals surface area contributed by atoms with Crippen LogP contribution in [0.3, 0.4) is 0 Å². The van der Waals surface area contributed by atoms with Gasteiger partial charge < -0.3 is 184 Å². The molecule has 0 radical (unpaired) electrons. The van der Waals surface area contributed by atoms with E-state index in [1.54, 1.807) is 6.92 Å². The van der Waals surface area contributed by atoms with Crippen molar-refractivity contribution >= 4 is 5.97 Å². The average Bonchev–Trinajstić information content (AvgIpc) is 1.43. The summed E-state index contributed by atoms with van der Waals surface area (Å²) in [5.41, 5.74) is -3.42. The zero-order valence-corrected chi connectivity index (χ0v) is 54.8. The molecule has 4 saturated carbocycles. The molecule has 0 unspecified atom stereocenters. The molecule has 4 aliphatic carbocycles. The first-order valence-electron chi connectivity index (χ1n) is 33.9. The van der Waals surface area contributed by atoms with Crippen molar-refractivity contribution in [1.82, 2.24) is 0 Å². The second-order valence-electron chi connectivity index (χ2n) is 29.3. The van der Waals surface area contributed by atoms with Gasteiger partial charge in [0.15, 0.2) is 43.8 Å². The summed E-state index contributed by atoms with van der Waals surface area (Å²) >= 11 is 0. The first-order valence-corrected chi connectivity index (χ1v) is 33.9. The van der Waals surface area contributed by atoms with E-state index in [1.165, 1.54) is 0 Å². The molecule has 0 aromatic rings. The highest BCUT2D eigenvalue weighted by molar-refractivity contribution is 5.77. The van der Waals surface area contributed by atoms with Crippen LogP contribution in [-0.2, 0) is 71.1 Å². The zero-order valence-electron chi connectivity index (χ0n) is 54.8. The Morgan fingerprint density at radius 1 is 0.400 bits per heavy atom. The lowest BCUT2D eigenvalue weighted by Gasteiger charge is -2.64. The molecule has 0 amide bonds. The fraction of sp³-hybridized carbons (Fsp3) is 0.952. The van der Waals surface area contributed by atoms with E-state index in [0.29, 0.717) is 44.1 Å². The monoisotopic (exact) mass is 1450 g/mol. The summed E-state index contributed by atoms with van der Waals surface area (Å²) in [4.78, 5) is 15.5. The largest absolute Gasteiger partial charge is 0.432 e. The van der Waals surface area contributed by atoms with Gasteiger partial charge in [-0.25, -0.2) is 0 Å². The molecule has 7 saturated heterocycles. The second-order valence-corrected chi connectivity index (χ2v) is 29.3. The summed E-state index contributed by atoms with van der Waals surface area (Å²) in [6.07, 6.45) is -62.5. The number of hydrogen-bond donors (Lipinski definition) is 23. The molecule has 38 heteroatoms. The molecule has 0 aromatic carbocycles. The van der Waals surface area contributed by atoms with Gasteiger partial charge in [-0.1, -0.05) is 19.9 Å². The average molecular weight is 1450 g/mol. The predicted molar refractivity (Wildman–Crippen MR) is 317 cm³/mol. The maximum absolute atomic E-state index is 15.5. The van der Waals surface area contributed by atoms with E-state index in [2.05, 4.69) is 13.5 Å². The smallest absolute Gasteiger partial charge is 0.314 e. The van der Waals surface area contributed by atoms with Crippen LogP contribution >= 0.6 is 0 Å². The number of rotatable bonds is 21. The molecule has 576 valence electrons. The number of aliphatic hydroxyl groups is 23. The van der Waals surface area contributed by atoms with E-state index in [1.807, 2.05) is 0 Å². The molecule has 38 nitrogen and oxygen atoms in total. The van der Waals surface area contributed by atoms with Crippen LogP contribution in [0.1, 0.15) is 71.6 Å². The summed E-state index contributed by atoms with van der Waals surface area (Å²) in [5.74, 6) is -1.52. The van der Waals surface area contributed by atoms with Gasteiger partial charge in [-0.2, -0.15) is 0 Å². The van der Waals surface area contributed by atoms with Crippen molar-refractivity contribution in [2.45, 2.75) is 292 Å². The summed E-state index contributed by atoms with van der Waals surface area (Å²) < 4.78 is 84.2. The Morgan fingerprint density at radius 3 is 1.28 bits per heavy atom. The van der Waals surface area contributed by atoms with Crippen LogP contribution in [0.4, 0.5) is 0 Å². The molecule has 7 heterocycles. The van der Waals surface area contributed by atoms with Crippen molar-refractivity contribution in [1.29, 1.82) is 0 Å². The normalized spacial score (nSPS) is 54.5. The number of hydrogen-bond acceptors (Lipinski definition) is 38. The lowest BCUT2D eigenvalue weighted by Crippen LogP contribution is -2.68. The van der Waals surface area contributed by atoms with Crippen LogP contribution < -0.4 is 0 Å². The SMILES string of the molecule is C=C1C[C@@]23CC[C@H]4[C@@](C)(CCC[C@@]4(C)C(=O)O[C@@H]4O[C@H](CO)[C@@H](O)[C@H](O[C@@H]5O[C@H](CO)[C@@H](O)[C@H](O)[C@H]5O)[C@H]4O[C@@H]4O[C@H](CO)[C@@H](O)[C@H](O)[C@H]4O)[C@@H]2CC[C@]1(O[C@@H]1O[C@H](CO)[C@@H](O[C@@H]2O[C@H](CO[C@@H]4O[C@H](CO)[C@@H](O)[C@H](O)[C@H]4O)[C@@H](O)[C@H](O)[C@H]2O)[C@H](O)[C@H]1O[C@@H]1O[C@H](CO)[C@@H](O)[C@H](O)[C@H]1O)C3.